The Bertz CT molecular complexity index is 672. The van der Waals surface area contributed by atoms with E-state index in [1.807, 2.05) is 0 Å². The maximum Gasteiger partial charge on any atom is 0.408 e. The molecular weight excluding hydrogens is 329 g/mol. The third-order valence-electron chi connectivity index (χ3n) is 4.06. The number of nitrogens with zero attached hydrogens (tertiary/aromatic N) is 1. The van der Waals surface area contributed by atoms with Crippen molar-refractivity contribution in [2.45, 2.75) is 12.2 Å². The standard InChI is InChI=1S/C16H17F3N2O.ClH/c17-16(18,19)15(21-9-7-20-8-10-21)13-5-6-14(22)12-4-2-1-3-11(12)13;/h1-6,15,20,22H,7-10H2;1H/t15-;/m1./s1. The van der Waals surface area contributed by atoms with Gasteiger partial charge in [0.15, 0.2) is 0 Å². The largest absolute Gasteiger partial charge is 0.507 e. The van der Waals surface area contributed by atoms with Crippen LogP contribution in [-0.2, 0) is 0 Å². The van der Waals surface area contributed by atoms with Crippen LogP contribution in [0.1, 0.15) is 11.6 Å². The van der Waals surface area contributed by atoms with Gasteiger partial charge in [-0.25, -0.2) is 0 Å². The Balaban J connectivity index is 0.00000192. The summed E-state index contributed by atoms with van der Waals surface area (Å²) < 4.78 is 41.1. The quantitative estimate of drug-likeness (QED) is 0.874. The van der Waals surface area contributed by atoms with E-state index in [9.17, 15) is 18.3 Å². The van der Waals surface area contributed by atoms with E-state index in [0.29, 0.717) is 37.0 Å². The lowest BCUT2D eigenvalue weighted by atomic mass is 9.96. The van der Waals surface area contributed by atoms with Crippen molar-refractivity contribution in [2.75, 3.05) is 26.2 Å². The zero-order valence-electron chi connectivity index (χ0n) is 12.3. The minimum absolute atomic E-state index is 0. The van der Waals surface area contributed by atoms with Crippen molar-refractivity contribution in [1.82, 2.24) is 10.2 Å². The van der Waals surface area contributed by atoms with Crippen molar-refractivity contribution in [3.8, 4) is 5.75 Å². The van der Waals surface area contributed by atoms with Crippen molar-refractivity contribution in [2.24, 2.45) is 0 Å². The smallest absolute Gasteiger partial charge is 0.408 e. The molecule has 1 heterocycles. The number of fused-ring (bicyclic) bond motifs is 1. The van der Waals surface area contributed by atoms with Crippen LogP contribution in [0.2, 0.25) is 0 Å². The summed E-state index contributed by atoms with van der Waals surface area (Å²) in [6, 6.07) is 7.75. The summed E-state index contributed by atoms with van der Waals surface area (Å²) in [5.74, 6) is 0.000542. The van der Waals surface area contributed by atoms with Gasteiger partial charge >= 0.3 is 6.18 Å². The summed E-state index contributed by atoms with van der Waals surface area (Å²) >= 11 is 0. The molecule has 1 fully saturated rings. The second kappa shape index (κ2) is 6.95. The third kappa shape index (κ3) is 3.54. The average molecular weight is 347 g/mol. The number of phenols is 1. The second-order valence-corrected chi connectivity index (χ2v) is 5.45. The molecule has 2 aromatic carbocycles. The Hall–Kier alpha value is -1.50. The van der Waals surface area contributed by atoms with Gasteiger partial charge in [0, 0.05) is 31.6 Å². The van der Waals surface area contributed by atoms with Crippen LogP contribution in [0, 0.1) is 0 Å². The second-order valence-electron chi connectivity index (χ2n) is 5.45. The van der Waals surface area contributed by atoms with Gasteiger partial charge in [-0.2, -0.15) is 13.2 Å². The Kier molecular flexibility index (Phi) is 5.39. The minimum atomic E-state index is -4.36. The Labute approximate surface area is 138 Å². The van der Waals surface area contributed by atoms with Crippen LogP contribution < -0.4 is 5.32 Å². The molecule has 3 nitrogen and oxygen atoms in total. The number of piperazine rings is 1. The number of benzene rings is 2. The van der Waals surface area contributed by atoms with Gasteiger partial charge in [0.2, 0.25) is 0 Å². The Morgan fingerprint density at radius 2 is 1.61 bits per heavy atom. The fraction of sp³-hybridized carbons (Fsp3) is 0.375. The van der Waals surface area contributed by atoms with Gasteiger partial charge in [-0.05, 0) is 17.0 Å². The van der Waals surface area contributed by atoms with Crippen LogP contribution >= 0.6 is 12.4 Å². The Morgan fingerprint density at radius 1 is 1.00 bits per heavy atom. The molecule has 1 aliphatic rings. The Morgan fingerprint density at radius 3 is 2.22 bits per heavy atom. The molecule has 2 aromatic rings. The summed E-state index contributed by atoms with van der Waals surface area (Å²) in [7, 11) is 0. The molecule has 0 radical (unpaired) electrons. The van der Waals surface area contributed by atoms with E-state index < -0.39 is 12.2 Å². The van der Waals surface area contributed by atoms with Gasteiger partial charge in [0.1, 0.15) is 11.8 Å². The summed E-state index contributed by atoms with van der Waals surface area (Å²) in [6.45, 7) is 1.78. The lowest BCUT2D eigenvalue weighted by Gasteiger charge is -2.36. The molecule has 0 unspecified atom stereocenters. The molecule has 0 bridgehead atoms. The van der Waals surface area contributed by atoms with E-state index >= 15 is 0 Å². The highest BCUT2D eigenvalue weighted by Crippen LogP contribution is 2.42. The summed E-state index contributed by atoms with van der Waals surface area (Å²) in [5, 5.41) is 13.9. The first-order valence-electron chi connectivity index (χ1n) is 7.20. The fourth-order valence-electron chi connectivity index (χ4n) is 3.07. The lowest BCUT2D eigenvalue weighted by molar-refractivity contribution is -0.187. The highest BCUT2D eigenvalue weighted by molar-refractivity contribution is 5.91. The van der Waals surface area contributed by atoms with Gasteiger partial charge < -0.3 is 10.4 Å². The first kappa shape index (κ1) is 17.8. The number of aromatic hydroxyl groups is 1. The van der Waals surface area contributed by atoms with Crippen molar-refractivity contribution >= 4 is 23.2 Å². The summed E-state index contributed by atoms with van der Waals surface area (Å²) in [6.07, 6.45) is -4.36. The van der Waals surface area contributed by atoms with Crippen molar-refractivity contribution in [3.05, 3.63) is 42.0 Å². The number of halogens is 4. The van der Waals surface area contributed by atoms with E-state index in [4.69, 9.17) is 0 Å². The van der Waals surface area contributed by atoms with Crippen LogP contribution in [0.15, 0.2) is 36.4 Å². The molecule has 7 heteroatoms. The zero-order valence-corrected chi connectivity index (χ0v) is 13.1. The number of phenolic OH excluding ortho intramolecular Hbond substituents is 1. The fourth-order valence-corrected chi connectivity index (χ4v) is 3.07. The van der Waals surface area contributed by atoms with Gasteiger partial charge in [-0.3, -0.25) is 4.90 Å². The molecule has 1 atom stereocenters. The van der Waals surface area contributed by atoms with Crippen LogP contribution in [0.5, 0.6) is 5.75 Å². The SMILES string of the molecule is Cl.Oc1ccc([C@@H](N2CCNCC2)C(F)(F)F)c2ccccc12. The molecule has 0 saturated carbocycles. The summed E-state index contributed by atoms with van der Waals surface area (Å²) in [5.41, 5.74) is 0.197. The molecule has 0 aromatic heterocycles. The molecule has 2 N–H and O–H groups in total. The van der Waals surface area contributed by atoms with Crippen LogP contribution in [-0.4, -0.2) is 42.4 Å². The van der Waals surface area contributed by atoms with Gasteiger partial charge in [-0.1, -0.05) is 30.3 Å². The lowest BCUT2D eigenvalue weighted by Crippen LogP contribution is -2.49. The van der Waals surface area contributed by atoms with Crippen LogP contribution in [0.25, 0.3) is 10.8 Å². The molecular formula is C16H18ClF3N2O. The van der Waals surface area contributed by atoms with Gasteiger partial charge in [-0.15, -0.1) is 12.4 Å². The average Bonchev–Trinajstić information content (AvgIpc) is 2.50. The highest BCUT2D eigenvalue weighted by atomic mass is 35.5. The molecule has 1 saturated heterocycles. The number of hydrogen-bond donors (Lipinski definition) is 2. The van der Waals surface area contributed by atoms with E-state index in [2.05, 4.69) is 5.32 Å². The molecule has 126 valence electrons. The van der Waals surface area contributed by atoms with Gasteiger partial charge in [0.25, 0.3) is 0 Å². The van der Waals surface area contributed by atoms with E-state index in [0.717, 1.165) is 0 Å². The number of hydrogen-bond acceptors (Lipinski definition) is 3. The molecule has 0 amide bonds. The number of nitrogens with one attached hydrogen (secondary N) is 1. The van der Waals surface area contributed by atoms with Crippen molar-refractivity contribution in [1.29, 1.82) is 0 Å². The minimum Gasteiger partial charge on any atom is -0.507 e. The molecule has 1 aliphatic heterocycles. The monoisotopic (exact) mass is 346 g/mol. The van der Waals surface area contributed by atoms with Crippen molar-refractivity contribution in [3.63, 3.8) is 0 Å². The first-order valence-corrected chi connectivity index (χ1v) is 7.20. The van der Waals surface area contributed by atoms with Gasteiger partial charge in [0.05, 0.1) is 0 Å². The maximum absolute atomic E-state index is 13.7. The molecule has 3 rings (SSSR count). The number of rotatable bonds is 2. The first-order chi connectivity index (χ1) is 10.5. The topological polar surface area (TPSA) is 35.5 Å². The molecule has 0 aliphatic carbocycles. The number of alkyl halides is 3. The van der Waals surface area contributed by atoms with E-state index in [1.54, 1.807) is 24.3 Å². The summed E-state index contributed by atoms with van der Waals surface area (Å²) in [4.78, 5) is 1.45. The maximum atomic E-state index is 13.7. The molecule has 23 heavy (non-hydrogen) atoms. The third-order valence-corrected chi connectivity index (χ3v) is 4.06. The molecule has 0 spiro atoms. The van der Waals surface area contributed by atoms with Crippen LogP contribution in [0.4, 0.5) is 13.2 Å². The highest BCUT2D eigenvalue weighted by Gasteiger charge is 2.45. The van der Waals surface area contributed by atoms with E-state index in [1.165, 1.54) is 17.0 Å². The zero-order chi connectivity index (χ0) is 15.7. The van der Waals surface area contributed by atoms with Crippen LogP contribution in [0.3, 0.4) is 0 Å². The predicted octanol–water partition coefficient (Wildman–Crippen LogP) is 3.48. The van der Waals surface area contributed by atoms with E-state index in [-0.39, 0.29) is 23.7 Å². The normalized spacial score (nSPS) is 17.7. The predicted molar refractivity (Wildman–Crippen MR) is 86.1 cm³/mol. The van der Waals surface area contributed by atoms with Crippen molar-refractivity contribution < 1.29 is 18.3 Å².